The quantitative estimate of drug-likeness (QED) is 0.0204. The fourth-order valence-electron chi connectivity index (χ4n) is 13.1. The number of ether oxygens (including phenoxy) is 4. The van der Waals surface area contributed by atoms with Crippen LogP contribution < -0.4 is 5.32 Å². The van der Waals surface area contributed by atoms with Crippen LogP contribution in [0.5, 0.6) is 0 Å². The molecule has 2 rings (SSSR count). The minimum Gasteiger partial charge on any atom is -0.394 e. The lowest BCUT2D eigenvalue weighted by atomic mass is 9.97. The third-order valence-corrected chi connectivity index (χ3v) is 19.4. The van der Waals surface area contributed by atoms with Crippen LogP contribution in [-0.4, -0.2) is 140 Å². The maximum atomic E-state index is 13.4. The van der Waals surface area contributed by atoms with E-state index in [-0.39, 0.29) is 18.9 Å². The van der Waals surface area contributed by atoms with E-state index in [4.69, 9.17) is 18.9 Å². The average molecular weight is 1360 g/mol. The van der Waals surface area contributed by atoms with Gasteiger partial charge in [0.2, 0.25) is 5.91 Å². The molecule has 560 valence electrons. The molecular weight excluding hydrogens is 1210 g/mol. The lowest BCUT2D eigenvalue weighted by Gasteiger charge is -2.46. The molecule has 12 atom stereocenters. The molecule has 12 unspecified atom stereocenters. The smallest absolute Gasteiger partial charge is 0.220 e. The van der Waals surface area contributed by atoms with E-state index in [0.29, 0.717) is 12.8 Å². The number of amides is 1. The number of aliphatic hydroxyl groups excluding tert-OH is 8. The average Bonchev–Trinajstić information content (AvgIpc) is 0.812. The zero-order chi connectivity index (χ0) is 69.4. The Kier molecular flexibility index (Phi) is 61.3. The predicted octanol–water partition coefficient (Wildman–Crippen LogP) is 18.1. The number of hydrogen-bond donors (Lipinski definition) is 9. The third kappa shape index (κ3) is 48.3. The molecule has 2 aliphatic heterocycles. The lowest BCUT2D eigenvalue weighted by Crippen LogP contribution is -2.65. The molecule has 2 aliphatic rings. The lowest BCUT2D eigenvalue weighted by molar-refractivity contribution is -0.359. The summed E-state index contributed by atoms with van der Waals surface area (Å²) in [5.41, 5.74) is 0. The Morgan fingerprint density at radius 1 is 0.385 bits per heavy atom. The van der Waals surface area contributed by atoms with Gasteiger partial charge >= 0.3 is 0 Å². The van der Waals surface area contributed by atoms with Crippen LogP contribution in [0.2, 0.25) is 0 Å². The first kappa shape index (κ1) is 89.5. The van der Waals surface area contributed by atoms with Gasteiger partial charge < -0.3 is 65.1 Å². The molecule has 2 heterocycles. The van der Waals surface area contributed by atoms with Crippen LogP contribution in [0.1, 0.15) is 348 Å². The van der Waals surface area contributed by atoms with E-state index < -0.39 is 86.8 Å². The fourth-order valence-corrected chi connectivity index (χ4v) is 13.1. The van der Waals surface area contributed by atoms with Gasteiger partial charge in [-0.3, -0.25) is 4.79 Å². The van der Waals surface area contributed by atoms with E-state index in [1.54, 1.807) is 6.08 Å². The monoisotopic (exact) mass is 1360 g/mol. The molecule has 2 saturated heterocycles. The second-order valence-electron chi connectivity index (χ2n) is 28.2. The highest BCUT2D eigenvalue weighted by molar-refractivity contribution is 5.76. The summed E-state index contributed by atoms with van der Waals surface area (Å²) in [7, 11) is 0. The van der Waals surface area contributed by atoms with Crippen LogP contribution in [0.4, 0.5) is 0 Å². The van der Waals surface area contributed by atoms with Gasteiger partial charge in [-0.2, -0.15) is 0 Å². The molecule has 0 aromatic rings. The Hall–Kier alpha value is -2.57. The predicted molar refractivity (Wildman–Crippen MR) is 397 cm³/mol. The second kappa shape index (κ2) is 65.7. The number of unbranched alkanes of at least 4 members (excludes halogenated alkanes) is 44. The summed E-state index contributed by atoms with van der Waals surface area (Å²) < 4.78 is 22.9. The van der Waals surface area contributed by atoms with E-state index in [2.05, 4.69) is 79.9 Å². The van der Waals surface area contributed by atoms with Gasteiger partial charge in [0.25, 0.3) is 0 Å². The summed E-state index contributed by atoms with van der Waals surface area (Å²) in [5, 5.41) is 87.7. The van der Waals surface area contributed by atoms with Crippen molar-refractivity contribution in [2.45, 2.75) is 421 Å². The minimum absolute atomic E-state index is 0.244. The van der Waals surface area contributed by atoms with Crippen LogP contribution in [0.15, 0.2) is 72.9 Å². The maximum absolute atomic E-state index is 13.4. The summed E-state index contributed by atoms with van der Waals surface area (Å²) >= 11 is 0. The molecule has 9 N–H and O–H groups in total. The van der Waals surface area contributed by atoms with E-state index in [9.17, 15) is 45.6 Å². The Morgan fingerprint density at radius 2 is 0.729 bits per heavy atom. The highest BCUT2D eigenvalue weighted by atomic mass is 16.7. The van der Waals surface area contributed by atoms with E-state index in [1.807, 2.05) is 6.08 Å². The Balaban J connectivity index is 1.63. The Morgan fingerprint density at radius 3 is 1.15 bits per heavy atom. The van der Waals surface area contributed by atoms with Gasteiger partial charge in [0.1, 0.15) is 48.8 Å². The zero-order valence-corrected chi connectivity index (χ0v) is 61.4. The minimum atomic E-state index is -1.79. The van der Waals surface area contributed by atoms with Crippen molar-refractivity contribution in [3.63, 3.8) is 0 Å². The van der Waals surface area contributed by atoms with Gasteiger partial charge in [-0.15, -0.1) is 0 Å². The van der Waals surface area contributed by atoms with Gasteiger partial charge in [-0.1, -0.05) is 344 Å². The molecule has 0 aromatic heterocycles. The topological polar surface area (TPSA) is 228 Å². The fraction of sp³-hybridized carbons (Fsp3) is 0.841. The zero-order valence-electron chi connectivity index (χ0n) is 61.4. The molecule has 2 fully saturated rings. The van der Waals surface area contributed by atoms with Crippen molar-refractivity contribution in [2.75, 3.05) is 19.8 Å². The van der Waals surface area contributed by atoms with Crippen molar-refractivity contribution in [1.29, 1.82) is 0 Å². The summed E-state index contributed by atoms with van der Waals surface area (Å²) in [6, 6.07) is -0.935. The van der Waals surface area contributed by atoms with Gasteiger partial charge in [0, 0.05) is 6.42 Å². The first-order valence-corrected chi connectivity index (χ1v) is 40.2. The Bertz CT molecular complexity index is 1890. The van der Waals surface area contributed by atoms with Gasteiger partial charge in [0.15, 0.2) is 12.6 Å². The van der Waals surface area contributed by atoms with Gasteiger partial charge in [-0.25, -0.2) is 0 Å². The highest BCUT2D eigenvalue weighted by Gasteiger charge is 2.51. The van der Waals surface area contributed by atoms with E-state index >= 15 is 0 Å². The van der Waals surface area contributed by atoms with Crippen molar-refractivity contribution < 1.29 is 64.6 Å². The van der Waals surface area contributed by atoms with Crippen molar-refractivity contribution in [3.05, 3.63) is 72.9 Å². The van der Waals surface area contributed by atoms with Crippen molar-refractivity contribution in [2.24, 2.45) is 0 Å². The molecule has 0 aromatic carbocycles. The SMILES string of the molecule is CC/C=C\C/C=C\C/C=C\C/C=C\CCCCCCCCCCCCCCCCCCCCCCC(=O)NC(COC1OC(CO)C(OC2OC(CO)C(O)C(O)C2O)C(O)C1O)C(O)/C=C/CC/C=C/CCCCCCCCCCCCCCCCCCCCCCCCC. The number of rotatable bonds is 67. The molecule has 14 heteroatoms. The number of hydrogen-bond acceptors (Lipinski definition) is 13. The highest BCUT2D eigenvalue weighted by Crippen LogP contribution is 2.30. The molecule has 1 amide bonds. The molecule has 96 heavy (non-hydrogen) atoms. The summed E-state index contributed by atoms with van der Waals surface area (Å²) in [6.45, 7) is 2.72. The van der Waals surface area contributed by atoms with Crippen LogP contribution in [0, 0.1) is 0 Å². The molecule has 0 spiro atoms. The second-order valence-corrected chi connectivity index (χ2v) is 28.2. The molecule has 0 bridgehead atoms. The summed E-state index contributed by atoms with van der Waals surface area (Å²) in [5.74, 6) is -0.244. The first-order chi connectivity index (χ1) is 47.1. The summed E-state index contributed by atoms with van der Waals surface area (Å²) in [4.78, 5) is 13.4. The van der Waals surface area contributed by atoms with Gasteiger partial charge in [0.05, 0.1) is 32.0 Å². The van der Waals surface area contributed by atoms with Crippen LogP contribution in [0.3, 0.4) is 0 Å². The van der Waals surface area contributed by atoms with E-state index in [1.165, 1.54) is 257 Å². The number of aliphatic hydroxyl groups is 8. The van der Waals surface area contributed by atoms with Crippen molar-refractivity contribution in [3.8, 4) is 0 Å². The third-order valence-electron chi connectivity index (χ3n) is 19.4. The first-order valence-electron chi connectivity index (χ1n) is 40.2. The Labute approximate surface area is 587 Å². The van der Waals surface area contributed by atoms with Gasteiger partial charge in [-0.05, 0) is 70.6 Å². The van der Waals surface area contributed by atoms with Crippen molar-refractivity contribution >= 4 is 5.91 Å². The number of nitrogens with one attached hydrogen (secondary N) is 1. The molecule has 0 aliphatic carbocycles. The van der Waals surface area contributed by atoms with Crippen LogP contribution in [-0.2, 0) is 23.7 Å². The molecular formula is C82H149NO13. The van der Waals surface area contributed by atoms with Crippen LogP contribution >= 0.6 is 0 Å². The molecule has 14 nitrogen and oxygen atoms in total. The maximum Gasteiger partial charge on any atom is 0.220 e. The van der Waals surface area contributed by atoms with Crippen molar-refractivity contribution in [1.82, 2.24) is 5.32 Å². The number of allylic oxidation sites excluding steroid dienone is 11. The molecule has 0 saturated carbocycles. The summed E-state index contributed by atoms with van der Waals surface area (Å²) in [6.07, 6.45) is 74.2. The largest absolute Gasteiger partial charge is 0.394 e. The normalized spacial score (nSPS) is 22.6. The number of carbonyl (C=O) groups is 1. The number of carbonyl (C=O) groups excluding carboxylic acids is 1. The van der Waals surface area contributed by atoms with E-state index in [0.717, 1.165) is 57.8 Å². The molecule has 0 radical (unpaired) electrons. The standard InChI is InChI=1S/C82H149NO13/c1-3-5-7-9-11-13-15-17-19-21-23-25-27-29-31-33-34-35-36-38-40-42-44-46-48-50-52-54-56-58-60-62-64-66-74(87)83-70(69-93-81-79(92)77(90)80(73(68-85)95-81)96-82-78(91)76(89)75(88)72(67-84)94-82)71(86)65-63-61-59-57-55-53-51-49-47-45-43-41-39-37-32-30-28-26-24-22-20-18-16-14-12-10-8-6-4-2/h5,7,11,13,17,19,23,25,55,57,63,65,70-73,75-82,84-86,88-92H,3-4,6,8-10,12,14-16,18,20-22,24,26-54,56,58-62,64,66-69H2,1-2H3,(H,83,87)/b7-5-,13-11-,19-17-,25-23-,57-55+,65-63+. The van der Waals surface area contributed by atoms with Crippen LogP contribution in [0.25, 0.3) is 0 Å².